The SMILES string of the molecule is C#CCNCC(=O)Nc1ccc(-n2cccn2)cc1. The van der Waals surface area contributed by atoms with Gasteiger partial charge in [-0.15, -0.1) is 6.42 Å². The van der Waals surface area contributed by atoms with Crippen LogP contribution in [0.5, 0.6) is 0 Å². The molecule has 19 heavy (non-hydrogen) atoms. The van der Waals surface area contributed by atoms with E-state index in [1.165, 1.54) is 0 Å². The second-order valence-corrected chi connectivity index (χ2v) is 3.85. The first kappa shape index (κ1) is 12.9. The van der Waals surface area contributed by atoms with Crippen molar-refractivity contribution in [2.24, 2.45) is 0 Å². The third-order valence-electron chi connectivity index (χ3n) is 2.43. The molecule has 0 saturated heterocycles. The van der Waals surface area contributed by atoms with Gasteiger partial charge >= 0.3 is 0 Å². The average Bonchev–Trinajstić information content (AvgIpc) is 2.94. The third-order valence-corrected chi connectivity index (χ3v) is 2.43. The van der Waals surface area contributed by atoms with Crippen LogP contribution in [0.3, 0.4) is 0 Å². The van der Waals surface area contributed by atoms with Crippen molar-refractivity contribution in [2.75, 3.05) is 18.4 Å². The summed E-state index contributed by atoms with van der Waals surface area (Å²) in [6, 6.07) is 9.29. The molecule has 0 aliphatic heterocycles. The Balaban J connectivity index is 1.92. The number of benzene rings is 1. The molecule has 2 N–H and O–H groups in total. The molecule has 2 aromatic rings. The smallest absolute Gasteiger partial charge is 0.238 e. The first-order valence-corrected chi connectivity index (χ1v) is 5.84. The maximum atomic E-state index is 11.5. The van der Waals surface area contributed by atoms with E-state index in [9.17, 15) is 4.79 Å². The summed E-state index contributed by atoms with van der Waals surface area (Å²) in [4.78, 5) is 11.5. The largest absolute Gasteiger partial charge is 0.325 e. The van der Waals surface area contributed by atoms with Crippen LogP contribution in [0.15, 0.2) is 42.7 Å². The van der Waals surface area contributed by atoms with Crippen molar-refractivity contribution < 1.29 is 4.79 Å². The molecule has 96 valence electrons. The lowest BCUT2D eigenvalue weighted by molar-refractivity contribution is -0.115. The van der Waals surface area contributed by atoms with Crippen molar-refractivity contribution in [3.8, 4) is 18.0 Å². The molecular formula is C14H14N4O. The van der Waals surface area contributed by atoms with Crippen molar-refractivity contribution in [3.05, 3.63) is 42.7 Å². The number of hydrogen-bond acceptors (Lipinski definition) is 3. The van der Waals surface area contributed by atoms with Gasteiger partial charge in [0.15, 0.2) is 0 Å². The van der Waals surface area contributed by atoms with Crippen LogP contribution in [0.1, 0.15) is 0 Å². The summed E-state index contributed by atoms with van der Waals surface area (Å²) >= 11 is 0. The summed E-state index contributed by atoms with van der Waals surface area (Å²) < 4.78 is 1.75. The highest BCUT2D eigenvalue weighted by atomic mass is 16.1. The highest BCUT2D eigenvalue weighted by molar-refractivity contribution is 5.92. The van der Waals surface area contributed by atoms with Crippen molar-refractivity contribution in [1.29, 1.82) is 0 Å². The van der Waals surface area contributed by atoms with Crippen LogP contribution in [0.4, 0.5) is 5.69 Å². The van der Waals surface area contributed by atoms with E-state index in [2.05, 4.69) is 21.7 Å². The van der Waals surface area contributed by atoms with Gasteiger partial charge in [0.1, 0.15) is 0 Å². The van der Waals surface area contributed by atoms with E-state index in [4.69, 9.17) is 6.42 Å². The molecule has 5 nitrogen and oxygen atoms in total. The zero-order valence-corrected chi connectivity index (χ0v) is 10.3. The lowest BCUT2D eigenvalue weighted by Gasteiger charge is -2.06. The van der Waals surface area contributed by atoms with Gasteiger partial charge in [-0.3, -0.25) is 10.1 Å². The first-order valence-electron chi connectivity index (χ1n) is 5.84. The molecule has 1 heterocycles. The summed E-state index contributed by atoms with van der Waals surface area (Å²) in [6.07, 6.45) is 8.65. The molecule has 5 heteroatoms. The summed E-state index contributed by atoms with van der Waals surface area (Å²) in [5.74, 6) is 2.29. The Hall–Kier alpha value is -2.58. The van der Waals surface area contributed by atoms with E-state index in [-0.39, 0.29) is 12.5 Å². The van der Waals surface area contributed by atoms with Gasteiger partial charge in [0.05, 0.1) is 18.8 Å². The normalized spacial score (nSPS) is 9.84. The molecular weight excluding hydrogens is 240 g/mol. The highest BCUT2D eigenvalue weighted by Gasteiger charge is 2.02. The molecule has 0 fully saturated rings. The fourth-order valence-electron chi connectivity index (χ4n) is 1.57. The van der Waals surface area contributed by atoms with E-state index in [0.717, 1.165) is 11.4 Å². The number of carbonyl (C=O) groups excluding carboxylic acids is 1. The summed E-state index contributed by atoms with van der Waals surface area (Å²) in [6.45, 7) is 0.580. The van der Waals surface area contributed by atoms with E-state index in [1.807, 2.05) is 36.5 Å². The van der Waals surface area contributed by atoms with E-state index in [1.54, 1.807) is 10.9 Å². The number of aromatic nitrogens is 2. The van der Waals surface area contributed by atoms with Crippen molar-refractivity contribution in [3.63, 3.8) is 0 Å². The molecule has 0 saturated carbocycles. The highest BCUT2D eigenvalue weighted by Crippen LogP contribution is 2.12. The van der Waals surface area contributed by atoms with Gasteiger partial charge in [0.25, 0.3) is 0 Å². The van der Waals surface area contributed by atoms with Crippen LogP contribution < -0.4 is 10.6 Å². The summed E-state index contributed by atoms with van der Waals surface area (Å²) in [7, 11) is 0. The summed E-state index contributed by atoms with van der Waals surface area (Å²) in [5.41, 5.74) is 1.68. The molecule has 0 radical (unpaired) electrons. The number of terminal acetylenes is 1. The maximum Gasteiger partial charge on any atom is 0.238 e. The van der Waals surface area contributed by atoms with Gasteiger partial charge in [-0.2, -0.15) is 5.10 Å². The Morgan fingerprint density at radius 2 is 2.16 bits per heavy atom. The molecule has 0 unspecified atom stereocenters. The van der Waals surface area contributed by atoms with Gasteiger partial charge in [-0.25, -0.2) is 4.68 Å². The van der Waals surface area contributed by atoms with Gasteiger partial charge in [-0.05, 0) is 30.3 Å². The molecule has 1 aromatic carbocycles. The van der Waals surface area contributed by atoms with Crippen LogP contribution in [0.2, 0.25) is 0 Å². The van der Waals surface area contributed by atoms with Crippen LogP contribution in [0.25, 0.3) is 5.69 Å². The minimum absolute atomic E-state index is 0.123. The molecule has 0 aliphatic rings. The second kappa shape index (κ2) is 6.38. The van der Waals surface area contributed by atoms with E-state index >= 15 is 0 Å². The van der Waals surface area contributed by atoms with Crippen LogP contribution in [0, 0.1) is 12.3 Å². The minimum Gasteiger partial charge on any atom is -0.325 e. The Morgan fingerprint density at radius 3 is 2.79 bits per heavy atom. The molecule has 0 bridgehead atoms. The standard InChI is InChI=1S/C14H14N4O/c1-2-8-15-11-14(19)17-12-4-6-13(7-5-12)18-10-3-9-16-18/h1,3-7,9-10,15H,8,11H2,(H,17,19). The van der Waals surface area contributed by atoms with Crippen LogP contribution in [-0.4, -0.2) is 28.8 Å². The predicted molar refractivity (Wildman–Crippen MR) is 73.9 cm³/mol. The summed E-state index contributed by atoms with van der Waals surface area (Å²) in [5, 5.41) is 9.73. The number of nitrogens with one attached hydrogen (secondary N) is 2. The molecule has 1 aromatic heterocycles. The molecule has 0 atom stereocenters. The Kier molecular flexibility index (Phi) is 4.32. The zero-order valence-electron chi connectivity index (χ0n) is 10.3. The van der Waals surface area contributed by atoms with Gasteiger partial charge in [0, 0.05) is 18.1 Å². The Labute approximate surface area is 111 Å². The number of hydrogen-bond donors (Lipinski definition) is 2. The lowest BCUT2D eigenvalue weighted by Crippen LogP contribution is -2.28. The minimum atomic E-state index is -0.123. The lowest BCUT2D eigenvalue weighted by atomic mass is 10.3. The Bertz CT molecular complexity index is 566. The van der Waals surface area contributed by atoms with Gasteiger partial charge in [0.2, 0.25) is 5.91 Å². The Morgan fingerprint density at radius 1 is 1.37 bits per heavy atom. The first-order chi connectivity index (χ1) is 9.29. The maximum absolute atomic E-state index is 11.5. The van der Waals surface area contributed by atoms with E-state index in [0.29, 0.717) is 6.54 Å². The fourth-order valence-corrected chi connectivity index (χ4v) is 1.57. The van der Waals surface area contributed by atoms with Gasteiger partial charge < -0.3 is 5.32 Å². The predicted octanol–water partition coefficient (Wildman–Crippen LogP) is 1.03. The topological polar surface area (TPSA) is 59.0 Å². The van der Waals surface area contributed by atoms with E-state index < -0.39 is 0 Å². The van der Waals surface area contributed by atoms with Crippen molar-refractivity contribution in [2.45, 2.75) is 0 Å². The second-order valence-electron chi connectivity index (χ2n) is 3.85. The fraction of sp³-hybridized carbons (Fsp3) is 0.143. The van der Waals surface area contributed by atoms with Gasteiger partial charge in [-0.1, -0.05) is 5.92 Å². The number of carbonyl (C=O) groups is 1. The number of amides is 1. The molecule has 0 spiro atoms. The molecule has 0 aliphatic carbocycles. The number of rotatable bonds is 5. The van der Waals surface area contributed by atoms with Crippen LogP contribution in [-0.2, 0) is 4.79 Å². The molecule has 1 amide bonds. The van der Waals surface area contributed by atoms with Crippen molar-refractivity contribution >= 4 is 11.6 Å². The average molecular weight is 254 g/mol. The number of anilines is 1. The molecule has 2 rings (SSSR count). The van der Waals surface area contributed by atoms with Crippen LogP contribution >= 0.6 is 0 Å². The van der Waals surface area contributed by atoms with Crippen molar-refractivity contribution in [1.82, 2.24) is 15.1 Å². The zero-order chi connectivity index (χ0) is 13.5. The number of nitrogens with zero attached hydrogens (tertiary/aromatic N) is 2. The third kappa shape index (κ3) is 3.69. The monoisotopic (exact) mass is 254 g/mol. The quantitative estimate of drug-likeness (QED) is 0.619.